The molecule has 2 aromatic heterocycles. The van der Waals surface area contributed by atoms with Crippen molar-refractivity contribution in [2.24, 2.45) is 0 Å². The maximum atomic E-state index is 5.82. The lowest BCUT2D eigenvalue weighted by Crippen LogP contribution is -2.18. The average molecular weight is 284 g/mol. The number of rotatable bonds is 3. The van der Waals surface area contributed by atoms with E-state index in [2.05, 4.69) is 40.0 Å². The second-order valence-corrected chi connectivity index (χ2v) is 6.06. The number of nitrogens with two attached hydrogens (primary N) is 1. The molecule has 3 rings (SSSR count). The lowest BCUT2D eigenvalue weighted by Gasteiger charge is -2.19. The van der Waals surface area contributed by atoms with Crippen LogP contribution in [0.25, 0.3) is 10.2 Å². The molecular weight excluding hydrogens is 268 g/mol. The Morgan fingerprint density at radius 2 is 1.95 bits per heavy atom. The van der Waals surface area contributed by atoms with Gasteiger partial charge in [0.15, 0.2) is 0 Å². The predicted octanol–water partition coefficient (Wildman–Crippen LogP) is 3.22. The summed E-state index contributed by atoms with van der Waals surface area (Å²) < 4.78 is 0. The van der Waals surface area contributed by atoms with Crippen LogP contribution in [0.4, 0.5) is 11.8 Å². The monoisotopic (exact) mass is 284 g/mol. The maximum absolute atomic E-state index is 5.82. The van der Waals surface area contributed by atoms with Gasteiger partial charge in [0.1, 0.15) is 10.6 Å². The van der Waals surface area contributed by atoms with E-state index in [1.165, 1.54) is 10.4 Å². The van der Waals surface area contributed by atoms with E-state index in [1.807, 2.05) is 25.2 Å². The molecule has 3 aromatic rings. The summed E-state index contributed by atoms with van der Waals surface area (Å²) in [5, 5.41) is 1.07. The molecule has 4 nitrogen and oxygen atoms in total. The molecule has 0 aliphatic heterocycles. The second kappa shape index (κ2) is 5.09. The molecule has 2 heterocycles. The number of nitrogens with zero attached hydrogens (tertiary/aromatic N) is 3. The quantitative estimate of drug-likeness (QED) is 0.802. The Labute approximate surface area is 121 Å². The summed E-state index contributed by atoms with van der Waals surface area (Å²) >= 11 is 1.65. The molecule has 20 heavy (non-hydrogen) atoms. The van der Waals surface area contributed by atoms with E-state index in [0.29, 0.717) is 5.95 Å². The number of aromatic nitrogens is 2. The fraction of sp³-hybridized carbons (Fsp3) is 0.200. The molecule has 0 fully saturated rings. The smallest absolute Gasteiger partial charge is 0.223 e. The second-order valence-electron chi connectivity index (χ2n) is 4.82. The van der Waals surface area contributed by atoms with Gasteiger partial charge in [-0.05, 0) is 18.6 Å². The summed E-state index contributed by atoms with van der Waals surface area (Å²) in [5.41, 5.74) is 7.07. The summed E-state index contributed by atoms with van der Waals surface area (Å²) in [6, 6.07) is 12.4. The first-order valence-electron chi connectivity index (χ1n) is 6.42. The molecule has 0 saturated carbocycles. The van der Waals surface area contributed by atoms with Crippen molar-refractivity contribution in [3.8, 4) is 0 Å². The molecule has 0 spiro atoms. The van der Waals surface area contributed by atoms with Gasteiger partial charge in [-0.15, -0.1) is 11.3 Å². The van der Waals surface area contributed by atoms with Gasteiger partial charge in [0.25, 0.3) is 0 Å². The summed E-state index contributed by atoms with van der Waals surface area (Å²) in [7, 11) is 2.03. The highest BCUT2D eigenvalue weighted by Gasteiger charge is 2.13. The lowest BCUT2D eigenvalue weighted by atomic mass is 10.2. The zero-order chi connectivity index (χ0) is 14.1. The van der Waals surface area contributed by atoms with E-state index in [0.717, 1.165) is 22.6 Å². The third-order valence-electron chi connectivity index (χ3n) is 3.14. The molecular formula is C15H16N4S. The molecule has 102 valence electrons. The molecule has 2 N–H and O–H groups in total. The molecule has 0 amide bonds. The van der Waals surface area contributed by atoms with Crippen LogP contribution in [0, 0.1) is 6.92 Å². The minimum atomic E-state index is 0.328. The Bertz CT molecular complexity index is 736. The Morgan fingerprint density at radius 3 is 2.70 bits per heavy atom. The number of hydrogen-bond acceptors (Lipinski definition) is 5. The van der Waals surface area contributed by atoms with Crippen molar-refractivity contribution in [2.75, 3.05) is 17.7 Å². The van der Waals surface area contributed by atoms with Crippen LogP contribution in [-0.2, 0) is 6.54 Å². The summed E-state index contributed by atoms with van der Waals surface area (Å²) in [5.74, 6) is 1.22. The Balaban J connectivity index is 2.00. The maximum Gasteiger partial charge on any atom is 0.223 e. The SMILES string of the molecule is Cc1cc2c(N(C)Cc3ccccc3)nc(N)nc2s1. The Kier molecular flexibility index (Phi) is 3.28. The van der Waals surface area contributed by atoms with Crippen LogP contribution in [-0.4, -0.2) is 17.0 Å². The third kappa shape index (κ3) is 2.44. The van der Waals surface area contributed by atoms with Crippen LogP contribution < -0.4 is 10.6 Å². The van der Waals surface area contributed by atoms with Gasteiger partial charge in [0, 0.05) is 18.5 Å². The van der Waals surface area contributed by atoms with Crippen molar-refractivity contribution in [2.45, 2.75) is 13.5 Å². The van der Waals surface area contributed by atoms with Crippen LogP contribution in [0.15, 0.2) is 36.4 Å². The average Bonchev–Trinajstić information content (AvgIpc) is 2.78. The largest absolute Gasteiger partial charge is 0.368 e. The minimum Gasteiger partial charge on any atom is -0.368 e. The van der Waals surface area contributed by atoms with Crippen molar-refractivity contribution in [1.29, 1.82) is 0 Å². The lowest BCUT2D eigenvalue weighted by molar-refractivity contribution is 0.903. The van der Waals surface area contributed by atoms with Gasteiger partial charge < -0.3 is 10.6 Å². The molecule has 0 aliphatic carbocycles. The van der Waals surface area contributed by atoms with Crippen LogP contribution in [0.2, 0.25) is 0 Å². The third-order valence-corrected chi connectivity index (χ3v) is 4.08. The van der Waals surface area contributed by atoms with Crippen molar-refractivity contribution in [3.05, 3.63) is 46.8 Å². The number of nitrogen functional groups attached to an aromatic ring is 1. The summed E-state index contributed by atoms with van der Waals surface area (Å²) in [4.78, 5) is 13.0. The fourth-order valence-electron chi connectivity index (χ4n) is 2.27. The van der Waals surface area contributed by atoms with Crippen LogP contribution in [0.1, 0.15) is 10.4 Å². The Morgan fingerprint density at radius 1 is 1.20 bits per heavy atom. The van der Waals surface area contributed by atoms with Crippen LogP contribution in [0.5, 0.6) is 0 Å². The molecule has 5 heteroatoms. The molecule has 0 atom stereocenters. The highest BCUT2D eigenvalue weighted by molar-refractivity contribution is 7.18. The van der Waals surface area contributed by atoms with E-state index < -0.39 is 0 Å². The predicted molar refractivity (Wildman–Crippen MR) is 85.1 cm³/mol. The van der Waals surface area contributed by atoms with E-state index >= 15 is 0 Å². The molecule has 0 aliphatic rings. The summed E-state index contributed by atoms with van der Waals surface area (Å²) in [6.07, 6.45) is 0. The van der Waals surface area contributed by atoms with Gasteiger partial charge in [-0.1, -0.05) is 30.3 Å². The minimum absolute atomic E-state index is 0.328. The van der Waals surface area contributed by atoms with Gasteiger partial charge in [-0.25, -0.2) is 4.98 Å². The molecule has 0 bridgehead atoms. The fourth-order valence-corrected chi connectivity index (χ4v) is 3.15. The van der Waals surface area contributed by atoms with E-state index in [-0.39, 0.29) is 0 Å². The van der Waals surface area contributed by atoms with Gasteiger partial charge in [-0.3, -0.25) is 0 Å². The zero-order valence-corrected chi connectivity index (χ0v) is 12.3. The topological polar surface area (TPSA) is 55.0 Å². The first-order chi connectivity index (χ1) is 9.63. The van der Waals surface area contributed by atoms with Crippen molar-refractivity contribution in [3.63, 3.8) is 0 Å². The molecule has 0 unspecified atom stereocenters. The summed E-state index contributed by atoms with van der Waals surface area (Å²) in [6.45, 7) is 2.87. The van der Waals surface area contributed by atoms with E-state index in [4.69, 9.17) is 5.73 Å². The standard InChI is InChI=1S/C15H16N4S/c1-10-8-12-13(17-15(16)18-14(12)20-10)19(2)9-11-6-4-3-5-7-11/h3-8H,9H2,1-2H3,(H2,16,17,18). The number of benzene rings is 1. The first-order valence-corrected chi connectivity index (χ1v) is 7.24. The number of aryl methyl sites for hydroxylation is 1. The number of hydrogen-bond donors (Lipinski definition) is 1. The van der Waals surface area contributed by atoms with Crippen LogP contribution >= 0.6 is 11.3 Å². The van der Waals surface area contributed by atoms with Crippen molar-refractivity contribution in [1.82, 2.24) is 9.97 Å². The van der Waals surface area contributed by atoms with Gasteiger partial charge in [-0.2, -0.15) is 4.98 Å². The van der Waals surface area contributed by atoms with E-state index in [9.17, 15) is 0 Å². The van der Waals surface area contributed by atoms with Crippen molar-refractivity contribution >= 4 is 33.3 Å². The molecule has 1 aromatic carbocycles. The normalized spacial score (nSPS) is 10.9. The highest BCUT2D eigenvalue weighted by atomic mass is 32.1. The first kappa shape index (κ1) is 12.9. The van der Waals surface area contributed by atoms with E-state index in [1.54, 1.807) is 11.3 Å². The number of thiophene rings is 1. The number of fused-ring (bicyclic) bond motifs is 1. The van der Waals surface area contributed by atoms with Crippen molar-refractivity contribution < 1.29 is 0 Å². The number of anilines is 2. The van der Waals surface area contributed by atoms with Gasteiger partial charge in [0.2, 0.25) is 5.95 Å². The van der Waals surface area contributed by atoms with Crippen LogP contribution in [0.3, 0.4) is 0 Å². The molecule has 0 radical (unpaired) electrons. The highest BCUT2D eigenvalue weighted by Crippen LogP contribution is 2.31. The van der Waals surface area contributed by atoms with Gasteiger partial charge >= 0.3 is 0 Å². The zero-order valence-electron chi connectivity index (χ0n) is 11.5. The molecule has 0 saturated heterocycles. The Hall–Kier alpha value is -2.14. The van der Waals surface area contributed by atoms with Gasteiger partial charge in [0.05, 0.1) is 5.39 Å².